The molecule has 90 valence electrons. The number of aliphatic hydroxyl groups is 1. The summed E-state index contributed by atoms with van der Waals surface area (Å²) in [6, 6.07) is 0.132. The predicted molar refractivity (Wildman–Crippen MR) is 51.6 cm³/mol. The molecule has 5 heteroatoms. The largest absolute Gasteiger partial charge is 0.417 e. The van der Waals surface area contributed by atoms with Crippen LogP contribution in [-0.2, 0) is 0 Å². The van der Waals surface area contributed by atoms with Gasteiger partial charge in [0.1, 0.15) is 0 Å². The van der Waals surface area contributed by atoms with Gasteiger partial charge in [0.15, 0.2) is 5.60 Å². The molecule has 0 spiro atoms. The SMILES string of the molecule is CCCNC1CCC(O)(C(F)(F)F)CC1. The summed E-state index contributed by atoms with van der Waals surface area (Å²) in [5.74, 6) is 0. The van der Waals surface area contributed by atoms with Gasteiger partial charge in [-0.05, 0) is 38.6 Å². The zero-order valence-electron chi connectivity index (χ0n) is 8.90. The molecule has 0 aromatic heterocycles. The Morgan fingerprint density at radius 1 is 1.33 bits per heavy atom. The van der Waals surface area contributed by atoms with Gasteiger partial charge < -0.3 is 10.4 Å². The summed E-state index contributed by atoms with van der Waals surface area (Å²) in [6.07, 6.45) is -3.08. The zero-order valence-corrected chi connectivity index (χ0v) is 8.90. The highest BCUT2D eigenvalue weighted by molar-refractivity contribution is 4.93. The van der Waals surface area contributed by atoms with Crippen LogP contribution in [0, 0.1) is 0 Å². The van der Waals surface area contributed by atoms with E-state index >= 15 is 0 Å². The first-order valence-corrected chi connectivity index (χ1v) is 5.41. The average Bonchev–Trinajstić information content (AvgIpc) is 2.15. The lowest BCUT2D eigenvalue weighted by Gasteiger charge is -2.37. The van der Waals surface area contributed by atoms with Crippen LogP contribution < -0.4 is 5.32 Å². The average molecular weight is 225 g/mol. The topological polar surface area (TPSA) is 32.3 Å². The number of hydrogen-bond donors (Lipinski definition) is 2. The Hall–Kier alpha value is -0.290. The Balaban J connectivity index is 2.41. The molecule has 1 rings (SSSR count). The summed E-state index contributed by atoms with van der Waals surface area (Å²) >= 11 is 0. The second kappa shape index (κ2) is 4.70. The summed E-state index contributed by atoms with van der Waals surface area (Å²) in [4.78, 5) is 0. The molecular weight excluding hydrogens is 207 g/mol. The van der Waals surface area contributed by atoms with E-state index in [0.717, 1.165) is 13.0 Å². The summed E-state index contributed by atoms with van der Waals surface area (Å²) in [6.45, 7) is 2.84. The van der Waals surface area contributed by atoms with Gasteiger partial charge in [-0.1, -0.05) is 6.92 Å². The molecule has 2 N–H and O–H groups in total. The minimum atomic E-state index is -4.48. The summed E-state index contributed by atoms with van der Waals surface area (Å²) in [5.41, 5.74) is -2.45. The fourth-order valence-electron chi connectivity index (χ4n) is 1.93. The Kier molecular flexibility index (Phi) is 4.00. The molecule has 1 aliphatic rings. The first-order valence-electron chi connectivity index (χ1n) is 5.41. The Morgan fingerprint density at radius 2 is 1.87 bits per heavy atom. The normalized spacial score (nSPS) is 33.0. The van der Waals surface area contributed by atoms with Gasteiger partial charge in [-0.3, -0.25) is 0 Å². The van der Waals surface area contributed by atoms with E-state index in [1.165, 1.54) is 0 Å². The molecule has 15 heavy (non-hydrogen) atoms. The minimum Gasteiger partial charge on any atom is -0.380 e. The maximum atomic E-state index is 12.4. The van der Waals surface area contributed by atoms with Crippen LogP contribution in [0.4, 0.5) is 13.2 Å². The molecule has 0 aliphatic heterocycles. The molecule has 0 bridgehead atoms. The van der Waals surface area contributed by atoms with Crippen molar-refractivity contribution < 1.29 is 18.3 Å². The van der Waals surface area contributed by atoms with E-state index in [-0.39, 0.29) is 18.9 Å². The molecule has 0 radical (unpaired) electrons. The second-order valence-corrected chi connectivity index (χ2v) is 4.26. The van der Waals surface area contributed by atoms with Crippen LogP contribution in [0.15, 0.2) is 0 Å². The highest BCUT2D eigenvalue weighted by Crippen LogP contribution is 2.41. The third-order valence-corrected chi connectivity index (χ3v) is 3.02. The van der Waals surface area contributed by atoms with Crippen LogP contribution in [-0.4, -0.2) is 29.5 Å². The molecule has 2 nitrogen and oxygen atoms in total. The quantitative estimate of drug-likeness (QED) is 0.772. The standard InChI is InChI=1S/C10H18F3NO/c1-2-7-14-8-3-5-9(15,6-4-8)10(11,12)13/h8,14-15H,2-7H2,1H3. The van der Waals surface area contributed by atoms with Crippen molar-refractivity contribution in [3.05, 3.63) is 0 Å². The van der Waals surface area contributed by atoms with Gasteiger partial charge in [0.25, 0.3) is 0 Å². The molecular formula is C10H18F3NO. The molecule has 0 saturated heterocycles. The van der Waals surface area contributed by atoms with Gasteiger partial charge in [-0.2, -0.15) is 13.2 Å². The minimum absolute atomic E-state index is 0.132. The Morgan fingerprint density at radius 3 is 2.27 bits per heavy atom. The molecule has 1 saturated carbocycles. The molecule has 0 heterocycles. The second-order valence-electron chi connectivity index (χ2n) is 4.26. The first kappa shape index (κ1) is 12.8. The van der Waals surface area contributed by atoms with E-state index in [9.17, 15) is 18.3 Å². The third kappa shape index (κ3) is 3.08. The van der Waals surface area contributed by atoms with Crippen molar-refractivity contribution >= 4 is 0 Å². The zero-order chi connectivity index (χ0) is 11.5. The van der Waals surface area contributed by atoms with Crippen molar-refractivity contribution in [3.8, 4) is 0 Å². The maximum absolute atomic E-state index is 12.4. The van der Waals surface area contributed by atoms with Crippen LogP contribution in [0.25, 0.3) is 0 Å². The van der Waals surface area contributed by atoms with Crippen LogP contribution >= 0.6 is 0 Å². The van der Waals surface area contributed by atoms with Gasteiger partial charge in [0.05, 0.1) is 0 Å². The predicted octanol–water partition coefficient (Wildman–Crippen LogP) is 2.22. The summed E-state index contributed by atoms with van der Waals surface area (Å²) in [7, 11) is 0. The monoisotopic (exact) mass is 225 g/mol. The molecule has 0 aromatic carbocycles. The van der Waals surface area contributed by atoms with Gasteiger partial charge >= 0.3 is 6.18 Å². The van der Waals surface area contributed by atoms with E-state index in [4.69, 9.17) is 0 Å². The van der Waals surface area contributed by atoms with E-state index < -0.39 is 11.8 Å². The number of nitrogens with one attached hydrogen (secondary N) is 1. The number of halogens is 3. The van der Waals surface area contributed by atoms with Gasteiger partial charge in [-0.15, -0.1) is 0 Å². The first-order chi connectivity index (χ1) is 6.89. The maximum Gasteiger partial charge on any atom is 0.417 e. The molecule has 0 aromatic rings. The fourth-order valence-corrected chi connectivity index (χ4v) is 1.93. The van der Waals surface area contributed by atoms with Gasteiger partial charge in [0.2, 0.25) is 0 Å². The smallest absolute Gasteiger partial charge is 0.380 e. The lowest BCUT2D eigenvalue weighted by atomic mass is 9.81. The Labute approximate surface area is 87.9 Å². The van der Waals surface area contributed by atoms with Gasteiger partial charge in [0, 0.05) is 6.04 Å². The lowest BCUT2D eigenvalue weighted by molar-refractivity contribution is -0.270. The third-order valence-electron chi connectivity index (χ3n) is 3.02. The lowest BCUT2D eigenvalue weighted by Crippen LogP contribution is -2.50. The van der Waals surface area contributed by atoms with Crippen molar-refractivity contribution in [1.82, 2.24) is 5.32 Å². The van der Waals surface area contributed by atoms with E-state index in [2.05, 4.69) is 5.32 Å². The number of alkyl halides is 3. The highest BCUT2D eigenvalue weighted by Gasteiger charge is 2.54. The number of rotatable bonds is 3. The van der Waals surface area contributed by atoms with Crippen LogP contribution in [0.2, 0.25) is 0 Å². The van der Waals surface area contributed by atoms with Crippen molar-refractivity contribution in [2.75, 3.05) is 6.54 Å². The molecule has 0 atom stereocenters. The van der Waals surface area contributed by atoms with E-state index in [1.807, 2.05) is 6.92 Å². The fraction of sp³-hybridized carbons (Fsp3) is 1.00. The van der Waals surface area contributed by atoms with Crippen molar-refractivity contribution in [1.29, 1.82) is 0 Å². The van der Waals surface area contributed by atoms with Crippen LogP contribution in [0.5, 0.6) is 0 Å². The number of hydrogen-bond acceptors (Lipinski definition) is 2. The van der Waals surface area contributed by atoms with Crippen molar-refractivity contribution in [2.24, 2.45) is 0 Å². The van der Waals surface area contributed by atoms with E-state index in [0.29, 0.717) is 12.8 Å². The molecule has 0 unspecified atom stereocenters. The van der Waals surface area contributed by atoms with Crippen molar-refractivity contribution in [3.63, 3.8) is 0 Å². The van der Waals surface area contributed by atoms with E-state index in [1.54, 1.807) is 0 Å². The van der Waals surface area contributed by atoms with Crippen LogP contribution in [0.3, 0.4) is 0 Å². The van der Waals surface area contributed by atoms with Crippen molar-refractivity contribution in [2.45, 2.75) is 56.8 Å². The molecule has 1 fully saturated rings. The highest BCUT2D eigenvalue weighted by atomic mass is 19.4. The summed E-state index contributed by atoms with van der Waals surface area (Å²) in [5, 5.41) is 12.6. The molecule has 0 amide bonds. The Bertz CT molecular complexity index is 197. The van der Waals surface area contributed by atoms with Crippen LogP contribution in [0.1, 0.15) is 39.0 Å². The molecule has 1 aliphatic carbocycles. The van der Waals surface area contributed by atoms with Gasteiger partial charge in [-0.25, -0.2) is 0 Å². The summed E-state index contributed by atoms with van der Waals surface area (Å²) < 4.78 is 37.3.